The highest BCUT2D eigenvalue weighted by molar-refractivity contribution is 7.52. The second-order valence-corrected chi connectivity index (χ2v) is 11.8. The first-order valence-electron chi connectivity index (χ1n) is 10.2. The predicted molar refractivity (Wildman–Crippen MR) is 122 cm³/mol. The van der Waals surface area contributed by atoms with Gasteiger partial charge in [-0.1, -0.05) is 84.0 Å². The first-order valence-corrected chi connectivity index (χ1v) is 11.9. The molecule has 0 saturated heterocycles. The molecule has 6 nitrogen and oxygen atoms in total. The van der Waals surface area contributed by atoms with Crippen LogP contribution in [0.1, 0.15) is 81.8 Å². The Morgan fingerprint density at radius 3 is 1.71 bits per heavy atom. The zero-order valence-corrected chi connectivity index (χ0v) is 19.9. The van der Waals surface area contributed by atoms with Gasteiger partial charge in [0.2, 0.25) is 0 Å². The summed E-state index contributed by atoms with van der Waals surface area (Å²) in [6.07, 6.45) is -0.456. The second-order valence-electron chi connectivity index (χ2n) is 10.1. The number of phenols is 1. The van der Waals surface area contributed by atoms with Gasteiger partial charge in [0.05, 0.1) is 12.1 Å². The zero-order chi connectivity index (χ0) is 23.8. The van der Waals surface area contributed by atoms with Gasteiger partial charge < -0.3 is 20.0 Å². The van der Waals surface area contributed by atoms with Crippen molar-refractivity contribution >= 4 is 13.6 Å². The van der Waals surface area contributed by atoms with Crippen LogP contribution in [0.2, 0.25) is 0 Å². The van der Waals surface area contributed by atoms with Crippen LogP contribution in [0.3, 0.4) is 0 Å². The van der Waals surface area contributed by atoms with Gasteiger partial charge >= 0.3 is 13.6 Å². The van der Waals surface area contributed by atoms with Crippen molar-refractivity contribution in [3.63, 3.8) is 0 Å². The average Bonchev–Trinajstić information content (AvgIpc) is 2.58. The van der Waals surface area contributed by atoms with Crippen LogP contribution in [0.25, 0.3) is 0 Å². The smallest absolute Gasteiger partial charge is 0.333 e. The molecule has 0 aliphatic carbocycles. The van der Waals surface area contributed by atoms with Crippen molar-refractivity contribution in [2.24, 2.45) is 0 Å². The molecule has 2 aromatic rings. The molecule has 31 heavy (non-hydrogen) atoms. The summed E-state index contributed by atoms with van der Waals surface area (Å²) < 4.78 is 12.6. The summed E-state index contributed by atoms with van der Waals surface area (Å²) in [5.74, 6) is -2.00. The Labute approximate surface area is 184 Å². The molecule has 2 aromatic carbocycles. The molecule has 0 aliphatic rings. The molecule has 7 heteroatoms. The van der Waals surface area contributed by atoms with Gasteiger partial charge in [-0.2, -0.15) is 0 Å². The van der Waals surface area contributed by atoms with Crippen LogP contribution in [0.4, 0.5) is 0 Å². The molecular formula is C24H33O6P. The van der Waals surface area contributed by atoms with E-state index in [2.05, 4.69) is 0 Å². The Balaban J connectivity index is 2.87. The maximum atomic E-state index is 12.6. The fourth-order valence-electron chi connectivity index (χ4n) is 3.93. The van der Waals surface area contributed by atoms with Crippen LogP contribution >= 0.6 is 7.60 Å². The Morgan fingerprint density at radius 1 is 0.903 bits per heavy atom. The second kappa shape index (κ2) is 8.78. The Hall–Kier alpha value is -2.14. The van der Waals surface area contributed by atoms with Gasteiger partial charge in [0.15, 0.2) is 0 Å². The van der Waals surface area contributed by atoms with Gasteiger partial charge in [0.1, 0.15) is 5.75 Å². The third-order valence-electron chi connectivity index (χ3n) is 5.46. The van der Waals surface area contributed by atoms with Crippen LogP contribution in [0.5, 0.6) is 5.75 Å². The van der Waals surface area contributed by atoms with Gasteiger partial charge in [-0.25, -0.2) is 0 Å². The summed E-state index contributed by atoms with van der Waals surface area (Å²) in [5.41, 5.74) is -0.145. The van der Waals surface area contributed by atoms with Crippen molar-refractivity contribution in [3.8, 4) is 5.75 Å². The van der Waals surface area contributed by atoms with E-state index in [0.29, 0.717) is 22.3 Å². The van der Waals surface area contributed by atoms with Gasteiger partial charge in [-0.15, -0.1) is 0 Å². The summed E-state index contributed by atoms with van der Waals surface area (Å²) in [6.45, 7) is 11.6. The summed E-state index contributed by atoms with van der Waals surface area (Å²) in [7, 11) is -4.72. The zero-order valence-electron chi connectivity index (χ0n) is 19.0. The number of aromatic hydroxyl groups is 1. The molecule has 2 unspecified atom stereocenters. The van der Waals surface area contributed by atoms with E-state index in [4.69, 9.17) is 0 Å². The van der Waals surface area contributed by atoms with Crippen LogP contribution in [0.15, 0.2) is 42.5 Å². The fourth-order valence-corrected chi connectivity index (χ4v) is 5.23. The number of hydrogen-bond donors (Lipinski definition) is 4. The number of hydrogen-bond acceptors (Lipinski definition) is 3. The molecule has 2 atom stereocenters. The van der Waals surface area contributed by atoms with E-state index >= 15 is 0 Å². The largest absolute Gasteiger partial charge is 0.507 e. The molecule has 4 N–H and O–H groups in total. The molecule has 0 aliphatic heterocycles. The minimum Gasteiger partial charge on any atom is -0.507 e. The molecule has 170 valence electrons. The Kier molecular flexibility index (Phi) is 7.11. The van der Waals surface area contributed by atoms with Crippen molar-refractivity contribution in [2.75, 3.05) is 0 Å². The summed E-state index contributed by atoms with van der Waals surface area (Å²) >= 11 is 0. The van der Waals surface area contributed by atoms with E-state index < -0.39 is 42.4 Å². The molecule has 2 rings (SSSR count). The van der Waals surface area contributed by atoms with Crippen molar-refractivity contribution in [1.82, 2.24) is 0 Å². The molecule has 0 radical (unpaired) electrons. The van der Waals surface area contributed by atoms with E-state index in [0.717, 1.165) is 0 Å². The molecule has 0 aromatic heterocycles. The third kappa shape index (κ3) is 5.97. The third-order valence-corrected chi connectivity index (χ3v) is 6.84. The minimum absolute atomic E-state index is 0.130. The summed E-state index contributed by atoms with van der Waals surface area (Å²) in [6, 6.07) is 11.7. The van der Waals surface area contributed by atoms with Crippen LogP contribution in [-0.4, -0.2) is 26.0 Å². The van der Waals surface area contributed by atoms with Gasteiger partial charge in [-0.3, -0.25) is 9.36 Å². The standard InChI is InChI=1S/C24H33O6P/c1-23(2,3)18-12-16(13-19(21(18)27)24(4,5)6)17(14-20(25)26)22(31(28,29)30)15-10-8-7-9-11-15/h7-13,17,22,27H,14H2,1-6H3,(H,25,26)(H2,28,29,30). The van der Waals surface area contributed by atoms with E-state index in [1.165, 1.54) is 0 Å². The summed E-state index contributed by atoms with van der Waals surface area (Å²) in [4.78, 5) is 32.3. The van der Waals surface area contributed by atoms with E-state index in [1.807, 2.05) is 41.5 Å². The molecule has 0 amide bonds. The average molecular weight is 448 g/mol. The van der Waals surface area contributed by atoms with Crippen LogP contribution in [-0.2, 0) is 20.2 Å². The maximum absolute atomic E-state index is 12.6. The molecule has 0 bridgehead atoms. The van der Waals surface area contributed by atoms with Gasteiger partial charge in [0, 0.05) is 5.92 Å². The number of benzene rings is 2. The minimum atomic E-state index is -4.72. The lowest BCUT2D eigenvalue weighted by Gasteiger charge is -2.32. The summed E-state index contributed by atoms with van der Waals surface area (Å²) in [5, 5.41) is 20.6. The van der Waals surface area contributed by atoms with Gasteiger partial charge in [0.25, 0.3) is 0 Å². The molecule has 0 spiro atoms. The fraction of sp³-hybridized carbons (Fsp3) is 0.458. The van der Waals surface area contributed by atoms with Crippen LogP contribution < -0.4 is 0 Å². The SMILES string of the molecule is CC(C)(C)c1cc(C(CC(=O)O)C(c2ccccc2)P(=O)(O)O)cc(C(C)(C)C)c1O. The predicted octanol–water partition coefficient (Wildman–Crippen LogP) is 5.46. The van der Waals surface area contributed by atoms with Crippen molar-refractivity contribution in [3.05, 3.63) is 64.7 Å². The number of carboxylic acids is 1. The lowest BCUT2D eigenvalue weighted by molar-refractivity contribution is -0.137. The first kappa shape index (κ1) is 25.1. The quantitative estimate of drug-likeness (QED) is 0.436. The molecule has 0 heterocycles. The highest BCUT2D eigenvalue weighted by atomic mass is 31.2. The Morgan fingerprint density at radius 2 is 1.35 bits per heavy atom. The lowest BCUT2D eigenvalue weighted by Crippen LogP contribution is -2.21. The number of rotatable bonds is 6. The van der Waals surface area contributed by atoms with E-state index in [-0.39, 0.29) is 5.75 Å². The van der Waals surface area contributed by atoms with E-state index in [9.17, 15) is 29.4 Å². The highest BCUT2D eigenvalue weighted by Gasteiger charge is 2.40. The molecule has 0 saturated carbocycles. The lowest BCUT2D eigenvalue weighted by atomic mass is 9.76. The molecular weight excluding hydrogens is 415 g/mol. The van der Waals surface area contributed by atoms with Crippen molar-refractivity contribution in [2.45, 2.75) is 70.4 Å². The van der Waals surface area contributed by atoms with Crippen molar-refractivity contribution in [1.29, 1.82) is 0 Å². The number of carboxylic acid groups (broad SMARTS) is 1. The topological polar surface area (TPSA) is 115 Å². The first-order chi connectivity index (χ1) is 14.0. The van der Waals surface area contributed by atoms with Gasteiger partial charge in [-0.05, 0) is 33.1 Å². The highest BCUT2D eigenvalue weighted by Crippen LogP contribution is 2.60. The normalized spacial score (nSPS) is 14.8. The monoisotopic (exact) mass is 448 g/mol. The number of aliphatic carboxylic acids is 1. The van der Waals surface area contributed by atoms with Crippen molar-refractivity contribution < 1.29 is 29.4 Å². The Bertz CT molecular complexity index is 944. The van der Waals surface area contributed by atoms with E-state index in [1.54, 1.807) is 42.5 Å². The van der Waals surface area contributed by atoms with Crippen LogP contribution in [0, 0.1) is 0 Å². The molecule has 0 fully saturated rings. The number of phenolic OH excluding ortho intramolecular Hbond substituents is 1. The number of carbonyl (C=O) groups is 1. The maximum Gasteiger partial charge on any atom is 0.333 e.